The highest BCUT2D eigenvalue weighted by atomic mass is 16.5. The van der Waals surface area contributed by atoms with E-state index in [0.717, 1.165) is 22.4 Å². The topological polar surface area (TPSA) is 77.0 Å². The number of hydrogen-bond acceptors (Lipinski definition) is 4. The molecule has 1 aliphatic heterocycles. The number of fused-ring (bicyclic) bond motifs is 1. The second-order valence-electron chi connectivity index (χ2n) is 6.50. The number of amides is 2. The van der Waals surface area contributed by atoms with Gasteiger partial charge in [-0.3, -0.25) is 9.59 Å². The minimum atomic E-state index is -0.275. The zero-order valence-electron chi connectivity index (χ0n) is 15.8. The van der Waals surface area contributed by atoms with E-state index in [9.17, 15) is 9.59 Å². The first-order valence-electron chi connectivity index (χ1n) is 8.64. The summed E-state index contributed by atoms with van der Waals surface area (Å²) in [4.78, 5) is 28.5. The van der Waals surface area contributed by atoms with Crippen LogP contribution in [-0.2, 0) is 16.0 Å². The quantitative estimate of drug-likeness (QED) is 0.889. The summed E-state index contributed by atoms with van der Waals surface area (Å²) in [5, 5.41) is 2.87. The molecule has 1 N–H and O–H groups in total. The molecule has 0 bridgehead atoms. The minimum absolute atomic E-state index is 0.0302. The maximum atomic E-state index is 12.4. The lowest BCUT2D eigenvalue weighted by molar-refractivity contribution is -0.118. The third kappa shape index (κ3) is 3.84. The molecule has 1 heterocycles. The molecule has 1 unspecified atom stereocenters. The summed E-state index contributed by atoms with van der Waals surface area (Å²) >= 11 is 0. The van der Waals surface area contributed by atoms with Crippen molar-refractivity contribution in [1.82, 2.24) is 5.32 Å². The van der Waals surface area contributed by atoms with E-state index >= 15 is 0 Å². The number of aliphatic imine (C=N–C) groups is 1. The van der Waals surface area contributed by atoms with Gasteiger partial charge >= 0.3 is 0 Å². The Morgan fingerprint density at radius 1 is 1.19 bits per heavy atom. The molecular weight excluding hydrogens is 344 g/mol. The maximum absolute atomic E-state index is 12.4. The molecule has 27 heavy (non-hydrogen) atoms. The van der Waals surface area contributed by atoms with E-state index in [1.807, 2.05) is 32.1 Å². The van der Waals surface area contributed by atoms with Crippen molar-refractivity contribution in [3.63, 3.8) is 0 Å². The Labute approximate surface area is 158 Å². The third-order valence-electron chi connectivity index (χ3n) is 4.81. The molecule has 0 spiro atoms. The van der Waals surface area contributed by atoms with E-state index in [2.05, 4.69) is 10.3 Å². The van der Waals surface area contributed by atoms with Gasteiger partial charge in [-0.25, -0.2) is 4.99 Å². The summed E-state index contributed by atoms with van der Waals surface area (Å²) in [5.41, 5.74) is 3.80. The first kappa shape index (κ1) is 18.6. The third-order valence-corrected chi connectivity index (χ3v) is 4.81. The molecule has 1 aliphatic carbocycles. The zero-order chi connectivity index (χ0) is 19.6. The Bertz CT molecular complexity index is 922. The molecule has 1 atom stereocenters. The van der Waals surface area contributed by atoms with Crippen LogP contribution in [0, 0.1) is 5.92 Å². The van der Waals surface area contributed by atoms with Crippen LogP contribution in [0.5, 0.6) is 11.5 Å². The average Bonchev–Trinajstić information content (AvgIpc) is 2.65. The van der Waals surface area contributed by atoms with Crippen molar-refractivity contribution in [1.29, 1.82) is 0 Å². The fourth-order valence-electron chi connectivity index (χ4n) is 3.14. The van der Waals surface area contributed by atoms with Gasteiger partial charge in [-0.15, -0.1) is 0 Å². The van der Waals surface area contributed by atoms with E-state index in [4.69, 9.17) is 9.47 Å². The Morgan fingerprint density at radius 3 is 2.63 bits per heavy atom. The number of benzene rings is 1. The van der Waals surface area contributed by atoms with E-state index in [1.54, 1.807) is 32.4 Å². The second-order valence-corrected chi connectivity index (χ2v) is 6.50. The first-order chi connectivity index (χ1) is 12.9. The summed E-state index contributed by atoms with van der Waals surface area (Å²) in [6.45, 7) is 3.76. The second kappa shape index (κ2) is 7.61. The summed E-state index contributed by atoms with van der Waals surface area (Å²) in [6.07, 6.45) is 5.67. The number of carbonyl (C=O) groups excluding carboxylic acids is 2. The molecular formula is C21H22N2O4. The minimum Gasteiger partial charge on any atom is -0.493 e. The van der Waals surface area contributed by atoms with Crippen LogP contribution in [0.4, 0.5) is 0 Å². The lowest BCUT2D eigenvalue weighted by Crippen LogP contribution is -2.35. The van der Waals surface area contributed by atoms with Crippen molar-refractivity contribution in [2.24, 2.45) is 10.9 Å². The number of ether oxygens (including phenoxy) is 2. The van der Waals surface area contributed by atoms with Gasteiger partial charge < -0.3 is 14.8 Å². The average molecular weight is 366 g/mol. The van der Waals surface area contributed by atoms with Crippen LogP contribution in [0.1, 0.15) is 19.4 Å². The van der Waals surface area contributed by atoms with Crippen molar-refractivity contribution in [3.05, 3.63) is 58.8 Å². The number of hydrogen-bond donors (Lipinski definition) is 1. The number of nitrogens with zero attached hydrogens (tertiary/aromatic N) is 1. The number of nitrogens with one attached hydrogen (secondary N) is 1. The van der Waals surface area contributed by atoms with Crippen LogP contribution in [0.15, 0.2) is 58.3 Å². The molecule has 6 heteroatoms. The number of methoxy groups -OCH3 is 2. The Morgan fingerprint density at radius 2 is 1.93 bits per heavy atom. The van der Waals surface area contributed by atoms with Crippen LogP contribution >= 0.6 is 0 Å². The van der Waals surface area contributed by atoms with Crippen molar-refractivity contribution >= 4 is 17.5 Å². The predicted octanol–water partition coefficient (Wildman–Crippen LogP) is 2.75. The molecule has 2 aliphatic rings. The predicted molar refractivity (Wildman–Crippen MR) is 103 cm³/mol. The van der Waals surface area contributed by atoms with Crippen LogP contribution in [0.2, 0.25) is 0 Å². The van der Waals surface area contributed by atoms with Crippen LogP contribution in [0.25, 0.3) is 0 Å². The van der Waals surface area contributed by atoms with Gasteiger partial charge in [-0.2, -0.15) is 0 Å². The van der Waals surface area contributed by atoms with Gasteiger partial charge in [-0.05, 0) is 43.7 Å². The number of carbonyl (C=O) groups is 2. The number of rotatable bonds is 4. The monoisotopic (exact) mass is 366 g/mol. The van der Waals surface area contributed by atoms with Crippen molar-refractivity contribution in [2.75, 3.05) is 14.2 Å². The summed E-state index contributed by atoms with van der Waals surface area (Å²) in [7, 11) is 3.11. The molecule has 0 aromatic heterocycles. The standard InChI is InChI=1S/C21H22N2O4/c1-12-13(2)21(25)23-17-11-15(6-7-16(12)17)22-20(24)10-14-5-8-18(26-3)19(9-14)27-4/h5-9,11,16H,10H2,1-4H3,(H,23,25). The largest absolute Gasteiger partial charge is 0.493 e. The lowest BCUT2D eigenvalue weighted by atomic mass is 9.85. The molecule has 0 fully saturated rings. The van der Waals surface area contributed by atoms with E-state index in [-0.39, 0.29) is 24.2 Å². The van der Waals surface area contributed by atoms with Crippen LogP contribution in [0.3, 0.4) is 0 Å². The summed E-state index contributed by atoms with van der Waals surface area (Å²) in [6, 6.07) is 5.33. The molecule has 140 valence electrons. The molecule has 3 rings (SSSR count). The molecule has 6 nitrogen and oxygen atoms in total. The van der Waals surface area contributed by atoms with E-state index in [0.29, 0.717) is 17.2 Å². The molecule has 0 saturated carbocycles. The van der Waals surface area contributed by atoms with Gasteiger partial charge in [0.2, 0.25) is 0 Å². The molecule has 0 radical (unpaired) electrons. The molecule has 1 aromatic rings. The van der Waals surface area contributed by atoms with Gasteiger partial charge in [0, 0.05) is 17.2 Å². The van der Waals surface area contributed by atoms with Crippen molar-refractivity contribution in [2.45, 2.75) is 20.3 Å². The van der Waals surface area contributed by atoms with Crippen molar-refractivity contribution < 1.29 is 19.1 Å². The molecule has 0 saturated heterocycles. The van der Waals surface area contributed by atoms with Crippen LogP contribution < -0.4 is 14.8 Å². The Hall–Kier alpha value is -3.15. The highest BCUT2D eigenvalue weighted by Crippen LogP contribution is 2.30. The van der Waals surface area contributed by atoms with E-state index < -0.39 is 0 Å². The Balaban J connectivity index is 1.77. The highest BCUT2D eigenvalue weighted by molar-refractivity contribution is 6.11. The smallest absolute Gasteiger partial charge is 0.251 e. The summed E-state index contributed by atoms with van der Waals surface area (Å²) in [5.74, 6) is 0.824. The van der Waals surface area contributed by atoms with Gasteiger partial charge in [0.25, 0.3) is 11.8 Å². The molecule has 1 aromatic carbocycles. The Kier molecular flexibility index (Phi) is 5.26. The number of allylic oxidation sites excluding steroid dienone is 3. The highest BCUT2D eigenvalue weighted by Gasteiger charge is 2.27. The summed E-state index contributed by atoms with van der Waals surface area (Å²) < 4.78 is 10.5. The van der Waals surface area contributed by atoms with Gasteiger partial charge in [0.05, 0.1) is 26.4 Å². The molecule has 2 amide bonds. The zero-order valence-corrected chi connectivity index (χ0v) is 15.8. The fourth-order valence-corrected chi connectivity index (χ4v) is 3.14. The van der Waals surface area contributed by atoms with E-state index in [1.165, 1.54) is 0 Å². The van der Waals surface area contributed by atoms with Crippen LogP contribution in [-0.4, -0.2) is 31.7 Å². The SMILES string of the molecule is COc1ccc(CC(=O)N=C2C=CC3C(=C2)NC(=O)C(C)=C3C)cc1OC. The normalized spacial score (nSPS) is 20.1. The fraction of sp³-hybridized carbons (Fsp3) is 0.286. The lowest BCUT2D eigenvalue weighted by Gasteiger charge is -2.28. The van der Waals surface area contributed by atoms with Gasteiger partial charge in [0.15, 0.2) is 11.5 Å². The van der Waals surface area contributed by atoms with Gasteiger partial charge in [-0.1, -0.05) is 17.7 Å². The van der Waals surface area contributed by atoms with Crippen molar-refractivity contribution in [3.8, 4) is 11.5 Å². The first-order valence-corrected chi connectivity index (χ1v) is 8.64. The maximum Gasteiger partial charge on any atom is 0.251 e. The van der Waals surface area contributed by atoms with Gasteiger partial charge in [0.1, 0.15) is 0 Å².